The summed E-state index contributed by atoms with van der Waals surface area (Å²) in [7, 11) is 3.39. The van der Waals surface area contributed by atoms with E-state index >= 15 is 0 Å². The van der Waals surface area contributed by atoms with Crippen molar-refractivity contribution in [1.82, 2.24) is 5.32 Å². The fourth-order valence-electron chi connectivity index (χ4n) is 0.927. The predicted octanol–water partition coefficient (Wildman–Crippen LogP) is -0.0253. The van der Waals surface area contributed by atoms with Gasteiger partial charge in [-0.15, -0.1) is 0 Å². The van der Waals surface area contributed by atoms with Crippen molar-refractivity contribution >= 4 is 0 Å². The van der Waals surface area contributed by atoms with Gasteiger partial charge in [0.25, 0.3) is 0 Å². The average molecular weight is 190 g/mol. The quantitative estimate of drug-likeness (QED) is 0.564. The van der Waals surface area contributed by atoms with Gasteiger partial charge in [-0.2, -0.15) is 0 Å². The van der Waals surface area contributed by atoms with E-state index in [4.69, 9.17) is 15.2 Å². The van der Waals surface area contributed by atoms with Crippen molar-refractivity contribution in [3.63, 3.8) is 0 Å². The van der Waals surface area contributed by atoms with Crippen LogP contribution < -0.4 is 11.1 Å². The Bertz CT molecular complexity index is 112. The summed E-state index contributed by atoms with van der Waals surface area (Å²) in [6.45, 7) is 4.41. The molecule has 0 aliphatic rings. The first-order chi connectivity index (χ1) is 6.20. The molecule has 80 valence electrons. The van der Waals surface area contributed by atoms with Gasteiger partial charge < -0.3 is 20.5 Å². The van der Waals surface area contributed by atoms with Crippen molar-refractivity contribution in [2.75, 3.05) is 33.9 Å². The molecule has 13 heavy (non-hydrogen) atoms. The molecule has 0 aromatic rings. The van der Waals surface area contributed by atoms with Crippen LogP contribution in [0.15, 0.2) is 0 Å². The molecule has 0 spiro atoms. The average Bonchev–Trinajstić information content (AvgIpc) is 2.14. The second-order valence-corrected chi connectivity index (χ2v) is 3.25. The number of ether oxygens (including phenoxy) is 2. The smallest absolute Gasteiger partial charge is 0.0667 e. The molecule has 0 radical (unpaired) electrons. The van der Waals surface area contributed by atoms with Gasteiger partial charge in [-0.3, -0.25) is 0 Å². The molecular weight excluding hydrogens is 168 g/mol. The molecule has 0 aromatic heterocycles. The third-order valence-electron chi connectivity index (χ3n) is 1.93. The van der Waals surface area contributed by atoms with E-state index in [9.17, 15) is 0 Å². The monoisotopic (exact) mass is 190 g/mol. The molecule has 0 amide bonds. The van der Waals surface area contributed by atoms with Gasteiger partial charge in [0.1, 0.15) is 0 Å². The summed E-state index contributed by atoms with van der Waals surface area (Å²) in [4.78, 5) is 0. The minimum absolute atomic E-state index is 0.170. The van der Waals surface area contributed by atoms with Gasteiger partial charge in [-0.05, 0) is 13.3 Å². The molecule has 0 aliphatic heterocycles. The van der Waals surface area contributed by atoms with Crippen LogP contribution in [-0.4, -0.2) is 46.1 Å². The highest BCUT2D eigenvalue weighted by molar-refractivity contribution is 4.65. The highest BCUT2D eigenvalue weighted by Crippen LogP contribution is 1.88. The molecule has 4 nitrogen and oxygen atoms in total. The van der Waals surface area contributed by atoms with Gasteiger partial charge in [0.05, 0.1) is 6.10 Å². The standard InChI is InChI=1S/C9H22N2O2/c1-8(13-3)6-11-7-9(10)4-5-12-2/h8-9,11H,4-7,10H2,1-3H3. The van der Waals surface area contributed by atoms with Crippen LogP contribution >= 0.6 is 0 Å². The zero-order valence-electron chi connectivity index (χ0n) is 8.88. The molecule has 4 heteroatoms. The number of nitrogens with one attached hydrogen (secondary N) is 1. The van der Waals surface area contributed by atoms with Crippen LogP contribution in [0.2, 0.25) is 0 Å². The topological polar surface area (TPSA) is 56.5 Å². The Morgan fingerprint density at radius 2 is 2.00 bits per heavy atom. The Kier molecular flexibility index (Phi) is 8.33. The van der Waals surface area contributed by atoms with E-state index in [-0.39, 0.29) is 12.1 Å². The Morgan fingerprint density at radius 1 is 1.31 bits per heavy atom. The predicted molar refractivity (Wildman–Crippen MR) is 53.8 cm³/mol. The van der Waals surface area contributed by atoms with E-state index in [1.807, 2.05) is 6.92 Å². The largest absolute Gasteiger partial charge is 0.385 e. The van der Waals surface area contributed by atoms with E-state index in [2.05, 4.69) is 5.32 Å². The van der Waals surface area contributed by atoms with Crippen LogP contribution in [-0.2, 0) is 9.47 Å². The van der Waals surface area contributed by atoms with E-state index < -0.39 is 0 Å². The molecule has 0 saturated heterocycles. The van der Waals surface area contributed by atoms with Gasteiger partial charge in [0.15, 0.2) is 0 Å². The first kappa shape index (κ1) is 12.8. The summed E-state index contributed by atoms with van der Waals surface area (Å²) in [6.07, 6.45) is 1.14. The highest BCUT2D eigenvalue weighted by atomic mass is 16.5. The minimum atomic E-state index is 0.170. The third-order valence-corrected chi connectivity index (χ3v) is 1.93. The lowest BCUT2D eigenvalue weighted by molar-refractivity contribution is 0.116. The van der Waals surface area contributed by atoms with Crippen LogP contribution in [0.5, 0.6) is 0 Å². The first-order valence-electron chi connectivity index (χ1n) is 4.68. The summed E-state index contributed by atoms with van der Waals surface area (Å²) in [5, 5.41) is 3.24. The molecule has 0 saturated carbocycles. The molecule has 0 heterocycles. The van der Waals surface area contributed by atoms with Gasteiger partial charge in [-0.1, -0.05) is 0 Å². The molecule has 0 aliphatic carbocycles. The zero-order valence-corrected chi connectivity index (χ0v) is 8.88. The van der Waals surface area contributed by atoms with E-state index in [0.29, 0.717) is 0 Å². The second kappa shape index (κ2) is 8.44. The van der Waals surface area contributed by atoms with Crippen molar-refractivity contribution in [2.45, 2.75) is 25.5 Å². The lowest BCUT2D eigenvalue weighted by Gasteiger charge is -2.14. The van der Waals surface area contributed by atoms with Crippen LogP contribution in [0.25, 0.3) is 0 Å². The van der Waals surface area contributed by atoms with E-state index in [1.165, 1.54) is 0 Å². The maximum absolute atomic E-state index is 5.80. The number of nitrogens with two attached hydrogens (primary N) is 1. The number of methoxy groups -OCH3 is 2. The molecule has 2 atom stereocenters. The minimum Gasteiger partial charge on any atom is -0.385 e. The van der Waals surface area contributed by atoms with Crippen LogP contribution in [0, 0.1) is 0 Å². The highest BCUT2D eigenvalue weighted by Gasteiger charge is 2.03. The molecule has 2 unspecified atom stereocenters. The van der Waals surface area contributed by atoms with Gasteiger partial charge in [-0.25, -0.2) is 0 Å². The molecule has 0 rings (SSSR count). The molecule has 0 fully saturated rings. The lowest BCUT2D eigenvalue weighted by Crippen LogP contribution is -2.37. The summed E-state index contributed by atoms with van der Waals surface area (Å²) < 4.78 is 10.0. The summed E-state index contributed by atoms with van der Waals surface area (Å²) in [6, 6.07) is 0.170. The van der Waals surface area contributed by atoms with Crippen LogP contribution in [0.4, 0.5) is 0 Å². The van der Waals surface area contributed by atoms with E-state index in [0.717, 1.165) is 26.1 Å². The SMILES string of the molecule is COCCC(N)CNCC(C)OC. The number of hydrogen-bond donors (Lipinski definition) is 2. The Labute approximate surface area is 80.8 Å². The molecule has 3 N–H and O–H groups in total. The molecule has 0 aromatic carbocycles. The number of rotatable bonds is 8. The fraction of sp³-hybridized carbons (Fsp3) is 1.00. The van der Waals surface area contributed by atoms with Gasteiger partial charge in [0.2, 0.25) is 0 Å². The van der Waals surface area contributed by atoms with Crippen LogP contribution in [0.1, 0.15) is 13.3 Å². The number of hydrogen-bond acceptors (Lipinski definition) is 4. The van der Waals surface area contributed by atoms with Crippen molar-refractivity contribution in [2.24, 2.45) is 5.73 Å². The lowest BCUT2D eigenvalue weighted by atomic mass is 10.2. The Morgan fingerprint density at radius 3 is 2.54 bits per heavy atom. The molecular formula is C9H22N2O2. The Balaban J connectivity index is 3.21. The maximum Gasteiger partial charge on any atom is 0.0667 e. The van der Waals surface area contributed by atoms with Crippen molar-refractivity contribution in [3.8, 4) is 0 Å². The van der Waals surface area contributed by atoms with Crippen LogP contribution in [0.3, 0.4) is 0 Å². The fourth-order valence-corrected chi connectivity index (χ4v) is 0.927. The van der Waals surface area contributed by atoms with Gasteiger partial charge >= 0.3 is 0 Å². The summed E-state index contributed by atoms with van der Waals surface area (Å²) in [5.41, 5.74) is 5.80. The zero-order chi connectivity index (χ0) is 10.1. The summed E-state index contributed by atoms with van der Waals surface area (Å²) in [5.74, 6) is 0. The van der Waals surface area contributed by atoms with Gasteiger partial charge in [0, 0.05) is 40.0 Å². The normalized spacial score (nSPS) is 15.7. The first-order valence-corrected chi connectivity index (χ1v) is 4.68. The van der Waals surface area contributed by atoms with E-state index in [1.54, 1.807) is 14.2 Å². The maximum atomic E-state index is 5.80. The summed E-state index contributed by atoms with van der Waals surface area (Å²) >= 11 is 0. The third kappa shape index (κ3) is 8.18. The van der Waals surface area contributed by atoms with Crippen molar-refractivity contribution in [3.05, 3.63) is 0 Å². The second-order valence-electron chi connectivity index (χ2n) is 3.25. The van der Waals surface area contributed by atoms with Crippen molar-refractivity contribution < 1.29 is 9.47 Å². The molecule has 0 bridgehead atoms. The van der Waals surface area contributed by atoms with Crippen molar-refractivity contribution in [1.29, 1.82) is 0 Å². The Hall–Kier alpha value is -0.160.